The standard InChI is InChI=1S/C27H36N2O2/c1-28(19-27-16-21-13-22(17-27)15-23(14-21)18-27)26(31)24-9-11-29(12-10-24)25(30)8-7-20-5-3-2-4-6-20/h2-8,21-24H,9-19H2,1H3/b8-7+. The van der Waals surface area contributed by atoms with Crippen molar-refractivity contribution in [1.82, 2.24) is 9.80 Å². The van der Waals surface area contributed by atoms with E-state index in [1.54, 1.807) is 6.08 Å². The summed E-state index contributed by atoms with van der Waals surface area (Å²) >= 11 is 0. The summed E-state index contributed by atoms with van der Waals surface area (Å²) in [4.78, 5) is 29.7. The number of amides is 2. The van der Waals surface area contributed by atoms with Gasteiger partial charge in [-0.15, -0.1) is 0 Å². The lowest BCUT2D eigenvalue weighted by Crippen LogP contribution is -2.52. The molecule has 1 saturated heterocycles. The Morgan fingerprint density at radius 3 is 2.16 bits per heavy atom. The molecule has 0 spiro atoms. The molecule has 2 amide bonds. The third kappa shape index (κ3) is 4.44. The zero-order chi connectivity index (χ0) is 21.4. The first kappa shape index (κ1) is 20.8. The van der Waals surface area contributed by atoms with E-state index in [1.165, 1.54) is 38.5 Å². The van der Waals surface area contributed by atoms with Crippen molar-refractivity contribution in [3.63, 3.8) is 0 Å². The van der Waals surface area contributed by atoms with Crippen LogP contribution in [0.25, 0.3) is 6.08 Å². The molecule has 0 unspecified atom stereocenters. The molecule has 1 heterocycles. The van der Waals surface area contributed by atoms with Crippen LogP contribution < -0.4 is 0 Å². The van der Waals surface area contributed by atoms with Gasteiger partial charge in [0.15, 0.2) is 0 Å². The average Bonchev–Trinajstić information content (AvgIpc) is 2.76. The summed E-state index contributed by atoms with van der Waals surface area (Å²) in [5.74, 6) is 3.20. The van der Waals surface area contributed by atoms with Gasteiger partial charge < -0.3 is 9.80 Å². The number of carbonyl (C=O) groups is 2. The van der Waals surface area contributed by atoms with Gasteiger partial charge in [0.2, 0.25) is 11.8 Å². The summed E-state index contributed by atoms with van der Waals surface area (Å²) in [5.41, 5.74) is 1.44. The SMILES string of the molecule is CN(CC12CC3CC(CC(C3)C1)C2)C(=O)C1CCN(C(=O)/C=C/c2ccccc2)CC1. The van der Waals surface area contributed by atoms with Crippen LogP contribution in [-0.4, -0.2) is 48.3 Å². The fourth-order valence-corrected chi connectivity index (χ4v) is 7.56. The molecule has 6 rings (SSSR count). The Bertz CT molecular complexity index is 803. The third-order valence-corrected chi connectivity index (χ3v) is 8.49. The van der Waals surface area contributed by atoms with Gasteiger partial charge in [-0.05, 0) is 86.2 Å². The van der Waals surface area contributed by atoms with Crippen molar-refractivity contribution in [2.45, 2.75) is 51.4 Å². The summed E-state index contributed by atoms with van der Waals surface area (Å²) in [7, 11) is 2.03. The van der Waals surface area contributed by atoms with Crippen LogP contribution in [-0.2, 0) is 9.59 Å². The van der Waals surface area contributed by atoms with Crippen molar-refractivity contribution in [1.29, 1.82) is 0 Å². The minimum absolute atomic E-state index is 0.0525. The number of hydrogen-bond acceptors (Lipinski definition) is 2. The molecule has 0 radical (unpaired) electrons. The van der Waals surface area contributed by atoms with E-state index < -0.39 is 0 Å². The van der Waals surface area contributed by atoms with Crippen molar-refractivity contribution in [3.05, 3.63) is 42.0 Å². The number of likely N-dealkylation sites (tertiary alicyclic amines) is 1. The van der Waals surface area contributed by atoms with E-state index >= 15 is 0 Å². The average molecular weight is 421 g/mol. The van der Waals surface area contributed by atoms with Gasteiger partial charge in [-0.3, -0.25) is 9.59 Å². The second-order valence-electron chi connectivity index (χ2n) is 11.0. The van der Waals surface area contributed by atoms with Crippen LogP contribution in [0.4, 0.5) is 0 Å². The zero-order valence-corrected chi connectivity index (χ0v) is 18.8. The van der Waals surface area contributed by atoms with Crippen molar-refractivity contribution in [2.24, 2.45) is 29.1 Å². The molecule has 1 aromatic carbocycles. The van der Waals surface area contributed by atoms with Crippen LogP contribution >= 0.6 is 0 Å². The van der Waals surface area contributed by atoms with E-state index in [0.29, 0.717) is 24.4 Å². The molecule has 5 aliphatic rings. The minimum Gasteiger partial charge on any atom is -0.345 e. The lowest BCUT2D eigenvalue weighted by molar-refractivity contribution is -0.142. The van der Waals surface area contributed by atoms with E-state index in [2.05, 4.69) is 4.90 Å². The summed E-state index contributed by atoms with van der Waals surface area (Å²) in [5, 5.41) is 0. The predicted octanol–water partition coefficient (Wildman–Crippen LogP) is 4.61. The van der Waals surface area contributed by atoms with Gasteiger partial charge >= 0.3 is 0 Å². The molecular formula is C27H36N2O2. The van der Waals surface area contributed by atoms with E-state index in [0.717, 1.165) is 42.7 Å². The summed E-state index contributed by atoms with van der Waals surface area (Å²) < 4.78 is 0. The van der Waals surface area contributed by atoms with Gasteiger partial charge in [0.1, 0.15) is 0 Å². The van der Waals surface area contributed by atoms with Gasteiger partial charge in [-0.1, -0.05) is 30.3 Å². The third-order valence-electron chi connectivity index (χ3n) is 8.49. The second kappa shape index (κ2) is 8.44. The van der Waals surface area contributed by atoms with Gasteiger partial charge in [-0.25, -0.2) is 0 Å². The van der Waals surface area contributed by atoms with Gasteiger partial charge in [0.25, 0.3) is 0 Å². The van der Waals surface area contributed by atoms with Crippen molar-refractivity contribution >= 4 is 17.9 Å². The first-order valence-electron chi connectivity index (χ1n) is 12.3. The molecule has 4 saturated carbocycles. The maximum absolute atomic E-state index is 13.2. The fourth-order valence-electron chi connectivity index (χ4n) is 7.56. The Morgan fingerprint density at radius 1 is 1.00 bits per heavy atom. The highest BCUT2D eigenvalue weighted by atomic mass is 16.2. The lowest BCUT2D eigenvalue weighted by Gasteiger charge is -2.57. The molecule has 0 N–H and O–H groups in total. The maximum atomic E-state index is 13.2. The highest BCUT2D eigenvalue weighted by molar-refractivity contribution is 5.92. The highest BCUT2D eigenvalue weighted by Crippen LogP contribution is 2.60. The van der Waals surface area contributed by atoms with Gasteiger partial charge in [0.05, 0.1) is 0 Å². The summed E-state index contributed by atoms with van der Waals surface area (Å²) in [6, 6.07) is 9.91. The molecule has 1 aliphatic heterocycles. The molecule has 0 atom stereocenters. The quantitative estimate of drug-likeness (QED) is 0.653. The summed E-state index contributed by atoms with van der Waals surface area (Å²) in [6.07, 6.45) is 13.5. The molecule has 1 aromatic rings. The van der Waals surface area contributed by atoms with E-state index in [4.69, 9.17) is 0 Å². The molecule has 4 bridgehead atoms. The minimum atomic E-state index is 0.0525. The molecule has 166 valence electrons. The zero-order valence-electron chi connectivity index (χ0n) is 18.8. The molecule has 0 aromatic heterocycles. The Kier molecular flexibility index (Phi) is 5.66. The van der Waals surface area contributed by atoms with Crippen molar-refractivity contribution in [2.75, 3.05) is 26.7 Å². The Labute approximate surface area is 186 Å². The summed E-state index contributed by atoms with van der Waals surface area (Å²) in [6.45, 7) is 2.31. The van der Waals surface area contributed by atoms with E-state index in [-0.39, 0.29) is 11.8 Å². The van der Waals surface area contributed by atoms with Crippen molar-refractivity contribution < 1.29 is 9.59 Å². The lowest BCUT2D eigenvalue weighted by atomic mass is 9.49. The van der Waals surface area contributed by atoms with Crippen LogP contribution in [0.5, 0.6) is 0 Å². The first-order chi connectivity index (χ1) is 15.0. The largest absolute Gasteiger partial charge is 0.345 e. The molecule has 4 heteroatoms. The van der Waals surface area contributed by atoms with E-state index in [1.807, 2.05) is 48.4 Å². The van der Waals surface area contributed by atoms with Crippen LogP contribution in [0.2, 0.25) is 0 Å². The van der Waals surface area contributed by atoms with E-state index in [9.17, 15) is 9.59 Å². The number of hydrogen-bond donors (Lipinski definition) is 0. The van der Waals surface area contributed by atoms with Crippen LogP contribution in [0, 0.1) is 29.1 Å². The number of nitrogens with zero attached hydrogens (tertiary/aromatic N) is 2. The second-order valence-corrected chi connectivity index (χ2v) is 11.0. The smallest absolute Gasteiger partial charge is 0.246 e. The van der Waals surface area contributed by atoms with Crippen molar-refractivity contribution in [3.8, 4) is 0 Å². The van der Waals surface area contributed by atoms with Gasteiger partial charge in [-0.2, -0.15) is 0 Å². The Hall–Kier alpha value is -2.10. The normalized spacial score (nSPS) is 32.5. The molecule has 31 heavy (non-hydrogen) atoms. The molecule has 4 nitrogen and oxygen atoms in total. The topological polar surface area (TPSA) is 40.6 Å². The van der Waals surface area contributed by atoms with Crippen LogP contribution in [0.3, 0.4) is 0 Å². The van der Waals surface area contributed by atoms with Crippen LogP contribution in [0.15, 0.2) is 36.4 Å². The molecular weight excluding hydrogens is 384 g/mol. The fraction of sp³-hybridized carbons (Fsp3) is 0.630. The highest BCUT2D eigenvalue weighted by Gasteiger charge is 2.51. The Morgan fingerprint density at radius 2 is 1.58 bits per heavy atom. The molecule has 5 fully saturated rings. The molecule has 4 aliphatic carbocycles. The Balaban J connectivity index is 1.12. The monoisotopic (exact) mass is 420 g/mol. The number of rotatable bonds is 5. The number of benzene rings is 1. The van der Waals surface area contributed by atoms with Crippen LogP contribution in [0.1, 0.15) is 56.9 Å². The predicted molar refractivity (Wildman–Crippen MR) is 123 cm³/mol. The number of carbonyl (C=O) groups excluding carboxylic acids is 2. The maximum Gasteiger partial charge on any atom is 0.246 e. The van der Waals surface area contributed by atoms with Gasteiger partial charge in [0, 0.05) is 38.7 Å². The first-order valence-corrected chi connectivity index (χ1v) is 12.3. The number of piperidine rings is 1.